The van der Waals surface area contributed by atoms with Crippen molar-refractivity contribution in [1.82, 2.24) is 4.90 Å². The van der Waals surface area contributed by atoms with E-state index in [0.717, 1.165) is 5.56 Å². The molecule has 0 atom stereocenters. The summed E-state index contributed by atoms with van der Waals surface area (Å²) in [6.45, 7) is 0.371. The predicted octanol–water partition coefficient (Wildman–Crippen LogP) is 1.38. The number of likely N-dealkylation sites (N-methyl/N-ethyl adjacent to an activating group) is 1. The smallest absolute Gasteiger partial charge is 0.259 e. The summed E-state index contributed by atoms with van der Waals surface area (Å²) in [6.07, 6.45) is 0. The number of rotatable bonds is 5. The molecule has 1 aromatic rings. The highest BCUT2D eigenvalue weighted by Crippen LogP contribution is 2.36. The summed E-state index contributed by atoms with van der Waals surface area (Å²) in [4.78, 5) is 12.9. The fourth-order valence-corrected chi connectivity index (χ4v) is 1.90. The summed E-state index contributed by atoms with van der Waals surface area (Å²) < 4.78 is 11.4. The van der Waals surface area contributed by atoms with E-state index in [4.69, 9.17) is 15.2 Å². The first kappa shape index (κ1) is 14.8. The highest BCUT2D eigenvalue weighted by Gasteiger charge is 2.13. The van der Waals surface area contributed by atoms with Crippen molar-refractivity contribution in [3.63, 3.8) is 0 Å². The van der Waals surface area contributed by atoms with Crippen LogP contribution in [-0.2, 0) is 11.3 Å². The van der Waals surface area contributed by atoms with Crippen LogP contribution in [-0.4, -0.2) is 38.6 Å². The van der Waals surface area contributed by atoms with Gasteiger partial charge in [-0.1, -0.05) is 0 Å². The minimum absolute atomic E-state index is 0.0378. The van der Waals surface area contributed by atoms with Gasteiger partial charge in [0.05, 0.1) is 11.6 Å². The Bertz CT molecular complexity index is 436. The number of hydrogen-bond acceptors (Lipinski definition) is 4. The molecule has 0 spiro atoms. The molecule has 0 aliphatic carbocycles. The summed E-state index contributed by atoms with van der Waals surface area (Å²) in [6, 6.07) is 3.64. The molecule has 1 aromatic carbocycles. The first-order valence-electron chi connectivity index (χ1n) is 5.39. The zero-order valence-corrected chi connectivity index (χ0v) is 12.3. The maximum Gasteiger partial charge on any atom is 0.259 e. The number of ether oxygens (including phenoxy) is 2. The van der Waals surface area contributed by atoms with Gasteiger partial charge in [-0.3, -0.25) is 4.79 Å². The van der Waals surface area contributed by atoms with Gasteiger partial charge in [0.1, 0.15) is 0 Å². The Kier molecular flexibility index (Phi) is 5.43. The van der Waals surface area contributed by atoms with Crippen molar-refractivity contribution in [2.24, 2.45) is 5.73 Å². The number of methoxy groups -OCH3 is 1. The lowest BCUT2D eigenvalue weighted by atomic mass is 10.2. The van der Waals surface area contributed by atoms with Gasteiger partial charge in [-0.25, -0.2) is 0 Å². The van der Waals surface area contributed by atoms with Gasteiger partial charge < -0.3 is 20.1 Å². The van der Waals surface area contributed by atoms with Crippen molar-refractivity contribution < 1.29 is 14.3 Å². The molecule has 0 fully saturated rings. The molecule has 2 N–H and O–H groups in total. The van der Waals surface area contributed by atoms with Crippen LogP contribution in [0.4, 0.5) is 0 Å². The summed E-state index contributed by atoms with van der Waals surface area (Å²) in [7, 11) is 4.90. The fourth-order valence-electron chi connectivity index (χ4n) is 1.29. The third-order valence-electron chi connectivity index (χ3n) is 2.36. The Hall–Kier alpha value is -1.27. The SMILES string of the molecule is COc1cc(CN)cc(Br)c1OCC(=O)N(C)C. The highest BCUT2D eigenvalue weighted by atomic mass is 79.9. The van der Waals surface area contributed by atoms with Crippen molar-refractivity contribution in [1.29, 1.82) is 0 Å². The van der Waals surface area contributed by atoms with Gasteiger partial charge in [0.25, 0.3) is 5.91 Å². The lowest BCUT2D eigenvalue weighted by molar-refractivity contribution is -0.130. The van der Waals surface area contributed by atoms with Crippen LogP contribution in [0.2, 0.25) is 0 Å². The van der Waals surface area contributed by atoms with Crippen molar-refractivity contribution in [3.8, 4) is 11.5 Å². The molecular formula is C12H17BrN2O3. The topological polar surface area (TPSA) is 64.8 Å². The first-order chi connectivity index (χ1) is 8.49. The van der Waals surface area contributed by atoms with Gasteiger partial charge in [0.15, 0.2) is 18.1 Å². The zero-order chi connectivity index (χ0) is 13.7. The van der Waals surface area contributed by atoms with E-state index in [1.54, 1.807) is 27.3 Å². The number of amides is 1. The molecule has 0 saturated heterocycles. The molecule has 0 heterocycles. The Morgan fingerprint density at radius 2 is 2.11 bits per heavy atom. The van der Waals surface area contributed by atoms with Gasteiger partial charge in [0, 0.05) is 20.6 Å². The quantitative estimate of drug-likeness (QED) is 0.891. The van der Waals surface area contributed by atoms with Gasteiger partial charge in [-0.05, 0) is 33.6 Å². The summed E-state index contributed by atoms with van der Waals surface area (Å²) >= 11 is 3.38. The second-order valence-electron chi connectivity index (χ2n) is 3.89. The summed E-state index contributed by atoms with van der Waals surface area (Å²) in [5.74, 6) is 0.938. The van der Waals surface area contributed by atoms with Crippen LogP contribution in [0.15, 0.2) is 16.6 Å². The van der Waals surface area contributed by atoms with Crippen molar-refractivity contribution in [2.45, 2.75) is 6.54 Å². The second kappa shape index (κ2) is 6.61. The van der Waals surface area contributed by atoms with E-state index in [1.165, 1.54) is 4.90 Å². The van der Waals surface area contributed by atoms with Crippen molar-refractivity contribution in [3.05, 3.63) is 22.2 Å². The Labute approximate surface area is 115 Å². The Balaban J connectivity index is 2.91. The minimum atomic E-state index is -0.119. The van der Waals surface area contributed by atoms with E-state index in [0.29, 0.717) is 22.5 Å². The molecule has 6 heteroatoms. The van der Waals surface area contributed by atoms with Crippen LogP contribution in [0.5, 0.6) is 11.5 Å². The van der Waals surface area contributed by atoms with Gasteiger partial charge in [-0.15, -0.1) is 0 Å². The van der Waals surface area contributed by atoms with Crippen LogP contribution in [0, 0.1) is 0 Å². The third kappa shape index (κ3) is 3.61. The molecule has 0 aromatic heterocycles. The van der Waals surface area contributed by atoms with Crippen LogP contribution in [0.3, 0.4) is 0 Å². The van der Waals surface area contributed by atoms with E-state index < -0.39 is 0 Å². The molecule has 5 nitrogen and oxygen atoms in total. The molecule has 0 radical (unpaired) electrons. The van der Waals surface area contributed by atoms with Crippen LogP contribution < -0.4 is 15.2 Å². The molecule has 100 valence electrons. The zero-order valence-electron chi connectivity index (χ0n) is 10.7. The van der Waals surface area contributed by atoms with Crippen LogP contribution in [0.25, 0.3) is 0 Å². The fraction of sp³-hybridized carbons (Fsp3) is 0.417. The van der Waals surface area contributed by atoms with Gasteiger partial charge >= 0.3 is 0 Å². The number of halogens is 1. The van der Waals surface area contributed by atoms with E-state index in [2.05, 4.69) is 15.9 Å². The third-order valence-corrected chi connectivity index (χ3v) is 2.95. The molecule has 0 aliphatic rings. The molecule has 1 amide bonds. The largest absolute Gasteiger partial charge is 0.493 e. The molecule has 0 saturated carbocycles. The Morgan fingerprint density at radius 3 is 2.61 bits per heavy atom. The average molecular weight is 317 g/mol. The number of carbonyl (C=O) groups is 1. The number of benzene rings is 1. The molecule has 18 heavy (non-hydrogen) atoms. The summed E-state index contributed by atoms with van der Waals surface area (Å²) in [5.41, 5.74) is 6.50. The molecule has 0 aliphatic heterocycles. The van der Waals surface area contributed by atoms with E-state index >= 15 is 0 Å². The van der Waals surface area contributed by atoms with Crippen LogP contribution in [0.1, 0.15) is 5.56 Å². The Morgan fingerprint density at radius 1 is 1.44 bits per heavy atom. The van der Waals surface area contributed by atoms with Crippen molar-refractivity contribution in [2.75, 3.05) is 27.8 Å². The standard InChI is InChI=1S/C12H17BrN2O3/c1-15(2)11(16)7-18-12-9(13)4-8(6-14)5-10(12)17-3/h4-5H,6-7,14H2,1-3H3. The normalized spacial score (nSPS) is 10.1. The monoisotopic (exact) mass is 316 g/mol. The molecule has 0 bridgehead atoms. The molecule has 1 rings (SSSR count). The van der Waals surface area contributed by atoms with Crippen molar-refractivity contribution >= 4 is 21.8 Å². The van der Waals surface area contributed by atoms with Crippen LogP contribution >= 0.6 is 15.9 Å². The predicted molar refractivity (Wildman–Crippen MR) is 72.8 cm³/mol. The number of nitrogens with two attached hydrogens (primary N) is 1. The number of carbonyl (C=O) groups excluding carboxylic acids is 1. The minimum Gasteiger partial charge on any atom is -0.493 e. The number of hydrogen-bond donors (Lipinski definition) is 1. The molecular weight excluding hydrogens is 300 g/mol. The lowest BCUT2D eigenvalue weighted by Gasteiger charge is -2.15. The summed E-state index contributed by atoms with van der Waals surface area (Å²) in [5, 5.41) is 0. The van der Waals surface area contributed by atoms with Gasteiger partial charge in [-0.2, -0.15) is 0 Å². The molecule has 0 unspecified atom stereocenters. The van der Waals surface area contributed by atoms with E-state index in [-0.39, 0.29) is 12.5 Å². The van der Waals surface area contributed by atoms with E-state index in [9.17, 15) is 4.79 Å². The van der Waals surface area contributed by atoms with E-state index in [1.807, 2.05) is 6.07 Å². The maximum absolute atomic E-state index is 11.5. The maximum atomic E-state index is 11.5. The van der Waals surface area contributed by atoms with Gasteiger partial charge in [0.2, 0.25) is 0 Å². The average Bonchev–Trinajstić information content (AvgIpc) is 2.35. The number of nitrogens with zero attached hydrogens (tertiary/aromatic N) is 1. The highest BCUT2D eigenvalue weighted by molar-refractivity contribution is 9.10. The lowest BCUT2D eigenvalue weighted by Crippen LogP contribution is -2.27. The first-order valence-corrected chi connectivity index (χ1v) is 6.18. The second-order valence-corrected chi connectivity index (χ2v) is 4.74.